The van der Waals surface area contributed by atoms with Gasteiger partial charge in [0.25, 0.3) is 0 Å². The first kappa shape index (κ1) is 30.7. The molecule has 0 saturated carbocycles. The van der Waals surface area contributed by atoms with Gasteiger partial charge in [-0.15, -0.1) is 0 Å². The van der Waals surface area contributed by atoms with E-state index < -0.39 is 10.1 Å². The van der Waals surface area contributed by atoms with E-state index in [1.54, 1.807) is 0 Å². The van der Waals surface area contributed by atoms with E-state index in [1.807, 2.05) is 0 Å². The van der Waals surface area contributed by atoms with Crippen LogP contribution in [0.1, 0.15) is 122 Å². The standard InChI is InChI=1S/C21H44O4S.K/c1-2-3-4-5-6-9-12-15-18-21(22)19-16-13-10-7-8-11-14-17-20-26(23,24)25;/h21-22H,2-20H2,1H3,(H,23,24,25);/q;+1/p-1. The Morgan fingerprint density at radius 3 is 1.37 bits per heavy atom. The number of hydrogen-bond donors (Lipinski definition) is 1. The van der Waals surface area contributed by atoms with Gasteiger partial charge in [0, 0.05) is 5.75 Å². The molecule has 27 heavy (non-hydrogen) atoms. The van der Waals surface area contributed by atoms with Crippen molar-refractivity contribution in [3.8, 4) is 0 Å². The Morgan fingerprint density at radius 2 is 1.00 bits per heavy atom. The van der Waals surface area contributed by atoms with E-state index in [-0.39, 0.29) is 63.2 Å². The van der Waals surface area contributed by atoms with E-state index in [1.165, 1.54) is 57.8 Å². The molecule has 1 unspecified atom stereocenters. The molecule has 1 N–H and O–H groups in total. The molecule has 6 heteroatoms. The smallest absolute Gasteiger partial charge is 0.748 e. The van der Waals surface area contributed by atoms with Crippen LogP contribution < -0.4 is 51.4 Å². The molecule has 0 fully saturated rings. The summed E-state index contributed by atoms with van der Waals surface area (Å²) in [5.74, 6) is -0.219. The van der Waals surface area contributed by atoms with Crippen molar-refractivity contribution in [1.29, 1.82) is 0 Å². The molecule has 0 heterocycles. The van der Waals surface area contributed by atoms with Crippen molar-refractivity contribution in [3.05, 3.63) is 0 Å². The minimum absolute atomic E-state index is 0. The van der Waals surface area contributed by atoms with Gasteiger partial charge in [0.2, 0.25) is 0 Å². The van der Waals surface area contributed by atoms with Gasteiger partial charge in [-0.25, -0.2) is 8.42 Å². The normalized spacial score (nSPS) is 12.7. The Balaban J connectivity index is 0. The second-order valence-corrected chi connectivity index (χ2v) is 9.32. The average Bonchev–Trinajstić information content (AvgIpc) is 2.58. The van der Waals surface area contributed by atoms with Gasteiger partial charge in [0.05, 0.1) is 16.2 Å². The molecule has 4 nitrogen and oxygen atoms in total. The van der Waals surface area contributed by atoms with E-state index >= 15 is 0 Å². The Hall–Kier alpha value is 1.51. The summed E-state index contributed by atoms with van der Waals surface area (Å²) in [7, 11) is -4.03. The van der Waals surface area contributed by atoms with Gasteiger partial charge in [-0.3, -0.25) is 0 Å². The molecule has 0 aromatic rings. The molecule has 0 aliphatic carbocycles. The van der Waals surface area contributed by atoms with Crippen molar-refractivity contribution < 1.29 is 69.5 Å². The number of aliphatic hydroxyl groups is 1. The fourth-order valence-corrected chi connectivity index (χ4v) is 3.94. The van der Waals surface area contributed by atoms with Crippen LogP contribution in [-0.4, -0.2) is 29.9 Å². The molecule has 0 radical (unpaired) electrons. The molecule has 0 aromatic carbocycles. The summed E-state index contributed by atoms with van der Waals surface area (Å²) in [5, 5.41) is 10.0. The summed E-state index contributed by atoms with van der Waals surface area (Å²) in [4.78, 5) is 0. The first-order chi connectivity index (χ1) is 12.5. The second-order valence-electron chi connectivity index (χ2n) is 7.80. The first-order valence-electron chi connectivity index (χ1n) is 11.1. The van der Waals surface area contributed by atoms with Crippen molar-refractivity contribution >= 4 is 10.1 Å². The molecule has 158 valence electrons. The molecular weight excluding hydrogens is 387 g/mol. The summed E-state index contributed by atoms with van der Waals surface area (Å²) < 4.78 is 31.4. The van der Waals surface area contributed by atoms with Crippen LogP contribution in [0.5, 0.6) is 0 Å². The maximum Gasteiger partial charge on any atom is 1.00 e. The molecule has 0 bridgehead atoms. The number of aliphatic hydroxyl groups excluding tert-OH is 1. The zero-order chi connectivity index (χ0) is 19.5. The summed E-state index contributed by atoms with van der Waals surface area (Å²) >= 11 is 0. The predicted octanol–water partition coefficient (Wildman–Crippen LogP) is 2.94. The zero-order valence-corrected chi connectivity index (χ0v) is 22.0. The average molecular weight is 431 g/mol. The van der Waals surface area contributed by atoms with Crippen molar-refractivity contribution in [3.63, 3.8) is 0 Å². The van der Waals surface area contributed by atoms with Gasteiger partial charge in [-0.2, -0.15) is 0 Å². The third kappa shape index (κ3) is 27.5. The SMILES string of the molecule is CCCCCCCCCCC(O)CCCCCCCCCCS(=O)(=O)[O-].[K+]. The van der Waals surface area contributed by atoms with Crippen LogP contribution in [0.25, 0.3) is 0 Å². The minimum Gasteiger partial charge on any atom is -0.748 e. The largest absolute Gasteiger partial charge is 1.00 e. The van der Waals surface area contributed by atoms with E-state index in [4.69, 9.17) is 0 Å². The van der Waals surface area contributed by atoms with E-state index in [9.17, 15) is 18.1 Å². The van der Waals surface area contributed by atoms with Crippen molar-refractivity contribution in [2.24, 2.45) is 0 Å². The van der Waals surface area contributed by atoms with Gasteiger partial charge >= 0.3 is 51.4 Å². The number of unbranched alkanes of at least 4 members (excludes halogenated alkanes) is 14. The molecule has 0 aliphatic rings. The number of rotatable bonds is 20. The maximum absolute atomic E-state index is 10.5. The molecule has 0 spiro atoms. The van der Waals surface area contributed by atoms with Crippen LogP contribution >= 0.6 is 0 Å². The molecule has 0 amide bonds. The van der Waals surface area contributed by atoms with E-state index in [0.717, 1.165) is 51.4 Å². The molecule has 0 aromatic heterocycles. The van der Waals surface area contributed by atoms with Gasteiger partial charge in [0.1, 0.15) is 0 Å². The zero-order valence-electron chi connectivity index (χ0n) is 18.1. The third-order valence-electron chi connectivity index (χ3n) is 5.07. The van der Waals surface area contributed by atoms with Gasteiger partial charge in [0.15, 0.2) is 0 Å². The van der Waals surface area contributed by atoms with Crippen molar-refractivity contribution in [2.75, 3.05) is 5.75 Å². The molecule has 0 saturated heterocycles. The van der Waals surface area contributed by atoms with Crippen LogP contribution in [0, 0.1) is 0 Å². The fraction of sp³-hybridized carbons (Fsp3) is 1.00. The van der Waals surface area contributed by atoms with Gasteiger partial charge in [-0.05, 0) is 19.3 Å². The summed E-state index contributed by atoms with van der Waals surface area (Å²) in [5.41, 5.74) is 0. The van der Waals surface area contributed by atoms with Crippen LogP contribution in [0.3, 0.4) is 0 Å². The van der Waals surface area contributed by atoms with Crippen molar-refractivity contribution in [1.82, 2.24) is 0 Å². The molecule has 0 aliphatic heterocycles. The van der Waals surface area contributed by atoms with E-state index in [0.29, 0.717) is 6.42 Å². The predicted molar refractivity (Wildman–Crippen MR) is 109 cm³/mol. The molecule has 0 rings (SSSR count). The monoisotopic (exact) mass is 430 g/mol. The molecule has 1 atom stereocenters. The fourth-order valence-electron chi connectivity index (χ4n) is 3.38. The Labute approximate surface area is 211 Å². The summed E-state index contributed by atoms with van der Waals surface area (Å²) in [6, 6.07) is 0. The quantitative estimate of drug-likeness (QED) is 0.183. The van der Waals surface area contributed by atoms with Crippen LogP contribution in [0.4, 0.5) is 0 Å². The Morgan fingerprint density at radius 1 is 0.667 bits per heavy atom. The van der Waals surface area contributed by atoms with Gasteiger partial charge < -0.3 is 9.66 Å². The van der Waals surface area contributed by atoms with Gasteiger partial charge in [-0.1, -0.05) is 103 Å². The van der Waals surface area contributed by atoms with E-state index in [2.05, 4.69) is 6.92 Å². The van der Waals surface area contributed by atoms with Crippen LogP contribution in [-0.2, 0) is 10.1 Å². The Bertz CT molecular complexity index is 388. The van der Waals surface area contributed by atoms with Crippen LogP contribution in [0.15, 0.2) is 0 Å². The van der Waals surface area contributed by atoms with Crippen molar-refractivity contribution in [2.45, 2.75) is 129 Å². The third-order valence-corrected chi connectivity index (χ3v) is 5.86. The number of hydrogen-bond acceptors (Lipinski definition) is 4. The topological polar surface area (TPSA) is 77.4 Å². The van der Waals surface area contributed by atoms with Crippen LogP contribution in [0.2, 0.25) is 0 Å². The summed E-state index contributed by atoms with van der Waals surface area (Å²) in [6.45, 7) is 2.25. The maximum atomic E-state index is 10.5. The first-order valence-corrected chi connectivity index (χ1v) is 12.6. The Kier molecular flexibility index (Phi) is 25.2. The minimum atomic E-state index is -4.03. The second kappa shape index (κ2) is 22.2. The molecular formula is C21H43KO4S. The summed E-state index contributed by atoms with van der Waals surface area (Å²) in [6.07, 6.45) is 20.3.